The molecule has 0 saturated carbocycles. The maximum atomic E-state index is 12.4. The first-order valence-electron chi connectivity index (χ1n) is 9.16. The number of H-pyrrole nitrogens is 1. The number of aromatic amines is 1. The fraction of sp³-hybridized carbons (Fsp3) is 0.238. The first-order chi connectivity index (χ1) is 14.5. The molecule has 9 nitrogen and oxygen atoms in total. The molecule has 0 aliphatic rings. The molecule has 3 aromatic rings. The van der Waals surface area contributed by atoms with Crippen molar-refractivity contribution in [3.63, 3.8) is 0 Å². The van der Waals surface area contributed by atoms with Crippen LogP contribution in [0.15, 0.2) is 47.3 Å². The Morgan fingerprint density at radius 2 is 1.70 bits per heavy atom. The highest BCUT2D eigenvalue weighted by Crippen LogP contribution is 2.30. The molecule has 30 heavy (non-hydrogen) atoms. The first kappa shape index (κ1) is 20.8. The van der Waals surface area contributed by atoms with Crippen LogP contribution in [0.1, 0.15) is 12.1 Å². The number of anilines is 1. The Morgan fingerprint density at radius 3 is 2.33 bits per heavy atom. The van der Waals surface area contributed by atoms with Crippen LogP contribution in [0.3, 0.4) is 0 Å². The van der Waals surface area contributed by atoms with Crippen LogP contribution >= 0.6 is 0 Å². The van der Waals surface area contributed by atoms with Crippen molar-refractivity contribution in [1.82, 2.24) is 15.2 Å². The molecule has 0 fully saturated rings. The quantitative estimate of drug-likeness (QED) is 0.586. The maximum Gasteiger partial charge on any atom is 0.273 e. The van der Waals surface area contributed by atoms with Crippen LogP contribution in [-0.2, 0) is 11.2 Å². The molecule has 0 aliphatic carbocycles. The van der Waals surface area contributed by atoms with Crippen molar-refractivity contribution in [1.29, 1.82) is 0 Å². The van der Waals surface area contributed by atoms with Crippen molar-refractivity contribution >= 4 is 11.6 Å². The molecule has 156 valence electrons. The third kappa shape index (κ3) is 4.93. The Labute approximate surface area is 173 Å². The summed E-state index contributed by atoms with van der Waals surface area (Å²) < 4.78 is 15.5. The summed E-state index contributed by atoms with van der Waals surface area (Å²) in [6.07, 6.45) is 0.260. The molecule has 0 bridgehead atoms. The average molecular weight is 410 g/mol. The molecule has 1 amide bonds. The van der Waals surface area contributed by atoms with Gasteiger partial charge in [-0.15, -0.1) is 10.2 Å². The van der Waals surface area contributed by atoms with Gasteiger partial charge in [0.25, 0.3) is 5.56 Å². The molecule has 0 atom stereocenters. The molecule has 0 aliphatic heterocycles. The highest BCUT2D eigenvalue weighted by atomic mass is 16.5. The van der Waals surface area contributed by atoms with E-state index < -0.39 is 5.56 Å². The van der Waals surface area contributed by atoms with Crippen molar-refractivity contribution in [3.05, 3.63) is 58.5 Å². The van der Waals surface area contributed by atoms with E-state index in [0.717, 1.165) is 0 Å². The molecular weight excluding hydrogens is 388 g/mol. The second-order valence-corrected chi connectivity index (χ2v) is 6.30. The van der Waals surface area contributed by atoms with Gasteiger partial charge in [-0.05, 0) is 42.5 Å². The summed E-state index contributed by atoms with van der Waals surface area (Å²) in [6, 6.07) is 12.1. The third-order valence-corrected chi connectivity index (χ3v) is 4.38. The summed E-state index contributed by atoms with van der Waals surface area (Å²) in [4.78, 5) is 27.2. The second kappa shape index (κ2) is 9.55. The number of hydrogen-bond acceptors (Lipinski definition) is 7. The van der Waals surface area contributed by atoms with E-state index in [2.05, 4.69) is 20.5 Å². The molecule has 3 rings (SSSR count). The predicted molar refractivity (Wildman–Crippen MR) is 111 cm³/mol. The number of hydrogen-bond donors (Lipinski definition) is 2. The van der Waals surface area contributed by atoms with E-state index in [9.17, 15) is 9.59 Å². The fourth-order valence-corrected chi connectivity index (χ4v) is 2.77. The monoisotopic (exact) mass is 410 g/mol. The van der Waals surface area contributed by atoms with E-state index in [1.807, 2.05) is 0 Å². The van der Waals surface area contributed by atoms with Crippen LogP contribution in [-0.4, -0.2) is 42.4 Å². The summed E-state index contributed by atoms with van der Waals surface area (Å²) in [5.74, 6) is 1.84. The van der Waals surface area contributed by atoms with Crippen LogP contribution in [0.5, 0.6) is 17.2 Å². The van der Waals surface area contributed by atoms with Crippen molar-refractivity contribution in [2.75, 3.05) is 26.6 Å². The highest BCUT2D eigenvalue weighted by molar-refractivity contribution is 5.90. The van der Waals surface area contributed by atoms with E-state index in [1.54, 1.807) is 56.7 Å². The molecule has 0 spiro atoms. The van der Waals surface area contributed by atoms with Gasteiger partial charge in [0.2, 0.25) is 5.91 Å². The maximum absolute atomic E-state index is 12.4. The van der Waals surface area contributed by atoms with E-state index in [-0.39, 0.29) is 24.4 Å². The standard InChI is InChI=1S/C21H22N4O5/c1-28-15-7-5-14(6-8-15)22-19(26)11-9-16-21(27)23-20(25-24-16)13-4-10-17(29-2)18(12-13)30-3/h4-8,10,12H,9,11H2,1-3H3,(H,22,26)(H,23,25,27). The lowest BCUT2D eigenvalue weighted by molar-refractivity contribution is -0.116. The highest BCUT2D eigenvalue weighted by Gasteiger charge is 2.12. The van der Waals surface area contributed by atoms with Crippen molar-refractivity contribution < 1.29 is 19.0 Å². The Hall–Kier alpha value is -3.88. The first-order valence-corrected chi connectivity index (χ1v) is 9.16. The minimum atomic E-state index is -0.396. The second-order valence-electron chi connectivity index (χ2n) is 6.30. The van der Waals surface area contributed by atoms with Crippen LogP contribution in [0.2, 0.25) is 0 Å². The van der Waals surface area contributed by atoms with E-state index in [0.29, 0.717) is 34.3 Å². The molecule has 2 N–H and O–H groups in total. The van der Waals surface area contributed by atoms with Gasteiger partial charge in [0.1, 0.15) is 11.4 Å². The Morgan fingerprint density at radius 1 is 0.967 bits per heavy atom. The van der Waals surface area contributed by atoms with Crippen LogP contribution in [0.4, 0.5) is 5.69 Å². The summed E-state index contributed by atoms with van der Waals surface area (Å²) in [5.41, 5.74) is 1.06. The largest absolute Gasteiger partial charge is 0.497 e. The Balaban J connectivity index is 1.65. The smallest absolute Gasteiger partial charge is 0.273 e. The molecule has 0 saturated heterocycles. The zero-order chi connectivity index (χ0) is 21.5. The molecule has 1 heterocycles. The van der Waals surface area contributed by atoms with Gasteiger partial charge in [0.05, 0.1) is 21.3 Å². The number of carbonyl (C=O) groups excluding carboxylic acids is 1. The van der Waals surface area contributed by atoms with E-state index in [1.165, 1.54) is 7.11 Å². The van der Waals surface area contributed by atoms with Crippen molar-refractivity contribution in [3.8, 4) is 28.6 Å². The number of ether oxygens (including phenoxy) is 3. The van der Waals surface area contributed by atoms with Gasteiger partial charge in [-0.3, -0.25) is 9.59 Å². The SMILES string of the molecule is COc1ccc(NC(=O)CCc2nnc(-c3ccc(OC)c(OC)c3)[nH]c2=O)cc1. The van der Waals surface area contributed by atoms with Crippen LogP contribution in [0, 0.1) is 0 Å². The lowest BCUT2D eigenvalue weighted by Gasteiger charge is -2.09. The van der Waals surface area contributed by atoms with Gasteiger partial charge in [-0.25, -0.2) is 0 Å². The normalized spacial score (nSPS) is 10.4. The van der Waals surface area contributed by atoms with Crippen molar-refractivity contribution in [2.45, 2.75) is 12.8 Å². The lowest BCUT2D eigenvalue weighted by atomic mass is 10.2. The van der Waals surface area contributed by atoms with Gasteiger partial charge in [-0.1, -0.05) is 0 Å². The lowest BCUT2D eigenvalue weighted by Crippen LogP contribution is -2.20. The molecule has 0 unspecified atom stereocenters. The molecule has 9 heteroatoms. The Bertz CT molecular complexity index is 1080. The topological polar surface area (TPSA) is 115 Å². The minimum Gasteiger partial charge on any atom is -0.497 e. The molecular formula is C21H22N4O5. The minimum absolute atomic E-state index is 0.0967. The summed E-state index contributed by atoms with van der Waals surface area (Å²) >= 11 is 0. The van der Waals surface area contributed by atoms with Crippen LogP contribution in [0.25, 0.3) is 11.4 Å². The van der Waals surface area contributed by atoms with Gasteiger partial charge in [-0.2, -0.15) is 0 Å². The number of carbonyl (C=O) groups is 1. The number of nitrogens with zero attached hydrogens (tertiary/aromatic N) is 2. The number of nitrogens with one attached hydrogen (secondary N) is 2. The number of aromatic nitrogens is 3. The predicted octanol–water partition coefficient (Wildman–Crippen LogP) is 2.43. The van der Waals surface area contributed by atoms with Gasteiger partial charge in [0, 0.05) is 24.1 Å². The van der Waals surface area contributed by atoms with E-state index in [4.69, 9.17) is 14.2 Å². The number of rotatable bonds is 8. The van der Waals surface area contributed by atoms with Gasteiger partial charge in [0.15, 0.2) is 17.3 Å². The molecule has 2 aromatic carbocycles. The van der Waals surface area contributed by atoms with Crippen molar-refractivity contribution in [2.24, 2.45) is 0 Å². The zero-order valence-electron chi connectivity index (χ0n) is 16.9. The number of aryl methyl sites for hydroxylation is 1. The summed E-state index contributed by atoms with van der Waals surface area (Å²) in [6.45, 7) is 0. The molecule has 0 radical (unpaired) electrons. The fourth-order valence-electron chi connectivity index (χ4n) is 2.77. The van der Waals surface area contributed by atoms with Gasteiger partial charge < -0.3 is 24.5 Å². The number of methoxy groups -OCH3 is 3. The molecule has 1 aromatic heterocycles. The Kier molecular flexibility index (Phi) is 6.63. The van der Waals surface area contributed by atoms with Gasteiger partial charge >= 0.3 is 0 Å². The average Bonchev–Trinajstić information content (AvgIpc) is 2.78. The number of benzene rings is 2. The third-order valence-electron chi connectivity index (χ3n) is 4.38. The zero-order valence-corrected chi connectivity index (χ0v) is 16.9. The van der Waals surface area contributed by atoms with E-state index >= 15 is 0 Å². The van der Waals surface area contributed by atoms with Crippen LogP contribution < -0.4 is 25.1 Å². The number of amides is 1. The summed E-state index contributed by atoms with van der Waals surface area (Å²) in [7, 11) is 4.64. The summed E-state index contributed by atoms with van der Waals surface area (Å²) in [5, 5.41) is 10.8.